The first kappa shape index (κ1) is 10.7. The Morgan fingerprint density at radius 2 is 2.24 bits per heavy atom. The second kappa shape index (κ2) is 4.11. The quantitative estimate of drug-likeness (QED) is 0.711. The molecule has 0 bridgehead atoms. The predicted molar refractivity (Wildman–Crippen MR) is 74.9 cm³/mol. The van der Waals surface area contributed by atoms with Crippen molar-refractivity contribution in [3.05, 3.63) is 29.8 Å². The van der Waals surface area contributed by atoms with Crippen molar-refractivity contribution >= 4 is 28.7 Å². The molecule has 0 aliphatic carbocycles. The van der Waals surface area contributed by atoms with Crippen molar-refractivity contribution in [3.8, 4) is 0 Å². The molecule has 0 radical (unpaired) electrons. The van der Waals surface area contributed by atoms with E-state index in [9.17, 15) is 0 Å². The minimum Gasteiger partial charge on any atom is -0.352 e. The van der Waals surface area contributed by atoms with Crippen molar-refractivity contribution in [3.63, 3.8) is 0 Å². The third kappa shape index (κ3) is 1.63. The highest BCUT2D eigenvalue weighted by atomic mass is 32.1. The summed E-state index contributed by atoms with van der Waals surface area (Å²) < 4.78 is 0. The molecule has 2 aliphatic rings. The fourth-order valence-electron chi connectivity index (χ4n) is 2.65. The Kier molecular flexibility index (Phi) is 2.59. The molecule has 0 amide bonds. The van der Waals surface area contributed by atoms with Gasteiger partial charge in [-0.25, -0.2) is 0 Å². The van der Waals surface area contributed by atoms with Crippen molar-refractivity contribution < 1.29 is 0 Å². The Labute approximate surface area is 107 Å². The van der Waals surface area contributed by atoms with Crippen molar-refractivity contribution in [2.75, 3.05) is 18.9 Å². The smallest absolute Gasteiger partial charge is 0.123 e. The molecule has 1 saturated heterocycles. The lowest BCUT2D eigenvalue weighted by Crippen LogP contribution is -2.40. The molecule has 1 fully saturated rings. The minimum atomic E-state index is 0.333. The lowest BCUT2D eigenvalue weighted by molar-refractivity contribution is 0.477. The van der Waals surface area contributed by atoms with Crippen LogP contribution in [0.15, 0.2) is 29.3 Å². The van der Waals surface area contributed by atoms with Crippen LogP contribution in [0, 0.1) is 0 Å². The van der Waals surface area contributed by atoms with E-state index < -0.39 is 0 Å². The Hall–Kier alpha value is -1.42. The molecule has 1 N–H and O–H groups in total. The zero-order valence-corrected chi connectivity index (χ0v) is 10.6. The average Bonchev–Trinajstić information content (AvgIpc) is 2.81. The van der Waals surface area contributed by atoms with Crippen LogP contribution in [0.4, 0.5) is 5.69 Å². The van der Waals surface area contributed by atoms with E-state index >= 15 is 0 Å². The lowest BCUT2D eigenvalue weighted by atomic mass is 10.1. The molecule has 1 aromatic carbocycles. The summed E-state index contributed by atoms with van der Waals surface area (Å²) in [6, 6.07) is 8.54. The highest BCUT2D eigenvalue weighted by Crippen LogP contribution is 2.29. The number of benzene rings is 1. The van der Waals surface area contributed by atoms with Crippen LogP contribution >= 0.6 is 12.2 Å². The second-order valence-corrected chi connectivity index (χ2v) is 4.82. The molecular formula is C13H15N3S. The van der Waals surface area contributed by atoms with Crippen LogP contribution in [-0.2, 0) is 0 Å². The number of thiocarbonyl (C=S) groups is 1. The van der Waals surface area contributed by atoms with E-state index in [4.69, 9.17) is 12.2 Å². The first-order valence-electron chi connectivity index (χ1n) is 5.95. The zero-order chi connectivity index (χ0) is 11.8. The number of amidine groups is 1. The number of para-hydroxylation sites is 1. The number of anilines is 1. The topological polar surface area (TPSA) is 27.6 Å². The summed E-state index contributed by atoms with van der Waals surface area (Å²) in [7, 11) is 1.84. The fourth-order valence-corrected chi connectivity index (χ4v) is 3.05. The molecule has 4 heteroatoms. The molecule has 3 rings (SSSR count). The fraction of sp³-hybridized carbons (Fsp3) is 0.385. The summed E-state index contributed by atoms with van der Waals surface area (Å²) in [5, 5.41) is 3.43. The molecule has 2 heterocycles. The average molecular weight is 245 g/mol. The van der Waals surface area contributed by atoms with Gasteiger partial charge < -0.3 is 10.2 Å². The molecule has 17 heavy (non-hydrogen) atoms. The number of hydrogen-bond donors (Lipinski definition) is 1. The van der Waals surface area contributed by atoms with Crippen LogP contribution in [0.2, 0.25) is 0 Å². The van der Waals surface area contributed by atoms with Gasteiger partial charge in [0.25, 0.3) is 0 Å². The third-order valence-electron chi connectivity index (χ3n) is 3.49. The number of nitrogens with zero attached hydrogens (tertiary/aromatic N) is 2. The van der Waals surface area contributed by atoms with E-state index in [0.29, 0.717) is 6.04 Å². The highest BCUT2D eigenvalue weighted by Gasteiger charge is 2.34. The molecule has 2 aliphatic heterocycles. The summed E-state index contributed by atoms with van der Waals surface area (Å²) in [4.78, 5) is 7.64. The van der Waals surface area contributed by atoms with Gasteiger partial charge >= 0.3 is 0 Å². The number of aliphatic imine (C=N–C) groups is 1. The number of fused-ring (bicyclic) bond motifs is 2. The van der Waals surface area contributed by atoms with Crippen molar-refractivity contribution in [2.24, 2.45) is 4.99 Å². The Bertz CT molecular complexity index is 495. The predicted octanol–water partition coefficient (Wildman–Crippen LogP) is 2.28. The van der Waals surface area contributed by atoms with Crippen molar-refractivity contribution in [2.45, 2.75) is 18.9 Å². The number of rotatable bonds is 0. The highest BCUT2D eigenvalue weighted by molar-refractivity contribution is 7.80. The monoisotopic (exact) mass is 245 g/mol. The van der Waals surface area contributed by atoms with Crippen LogP contribution < -0.4 is 5.32 Å². The van der Waals surface area contributed by atoms with Crippen LogP contribution in [0.3, 0.4) is 0 Å². The van der Waals surface area contributed by atoms with Gasteiger partial charge in [0.05, 0.1) is 6.04 Å². The first-order chi connectivity index (χ1) is 8.31. The summed E-state index contributed by atoms with van der Waals surface area (Å²) in [6.45, 7) is 1.04. The minimum absolute atomic E-state index is 0.333. The SMILES string of the molecule is CN=C1Nc2ccccc2C(=S)N2CCC[C@@H]12. The summed E-state index contributed by atoms with van der Waals surface area (Å²) in [5.41, 5.74) is 2.19. The van der Waals surface area contributed by atoms with E-state index in [2.05, 4.69) is 27.3 Å². The summed E-state index contributed by atoms with van der Waals surface area (Å²) in [5.74, 6) is 1.04. The molecular weight excluding hydrogens is 230 g/mol. The standard InChI is InChI=1S/C13H15N3S/c1-14-12-11-7-4-8-16(11)13(17)9-5-2-3-6-10(9)15-12/h2-3,5-6,11H,4,7-8H2,1H3,(H,14,15)/t11-/m0/s1. The molecule has 0 spiro atoms. The van der Waals surface area contributed by atoms with Gasteiger partial charge in [0, 0.05) is 24.8 Å². The van der Waals surface area contributed by atoms with Crippen LogP contribution in [0.5, 0.6) is 0 Å². The molecule has 88 valence electrons. The van der Waals surface area contributed by atoms with Gasteiger partial charge in [0.15, 0.2) is 0 Å². The van der Waals surface area contributed by atoms with E-state index in [0.717, 1.165) is 35.0 Å². The first-order valence-corrected chi connectivity index (χ1v) is 6.36. The molecule has 1 atom stereocenters. The van der Waals surface area contributed by atoms with Gasteiger partial charge in [-0.05, 0) is 25.0 Å². The molecule has 1 aromatic rings. The van der Waals surface area contributed by atoms with Crippen LogP contribution in [0.1, 0.15) is 18.4 Å². The van der Waals surface area contributed by atoms with E-state index in [1.807, 2.05) is 19.2 Å². The second-order valence-electron chi connectivity index (χ2n) is 4.44. The van der Waals surface area contributed by atoms with Crippen molar-refractivity contribution in [1.29, 1.82) is 0 Å². The molecule has 3 nitrogen and oxygen atoms in total. The van der Waals surface area contributed by atoms with Crippen LogP contribution in [0.25, 0.3) is 0 Å². The third-order valence-corrected chi connectivity index (χ3v) is 3.94. The van der Waals surface area contributed by atoms with Gasteiger partial charge in [-0.15, -0.1) is 0 Å². The Balaban J connectivity index is 2.13. The summed E-state index contributed by atoms with van der Waals surface area (Å²) in [6.07, 6.45) is 2.32. The van der Waals surface area contributed by atoms with E-state index in [1.54, 1.807) is 0 Å². The Morgan fingerprint density at radius 3 is 3.06 bits per heavy atom. The maximum atomic E-state index is 5.62. The largest absolute Gasteiger partial charge is 0.352 e. The molecule has 0 aromatic heterocycles. The van der Waals surface area contributed by atoms with Gasteiger partial charge in [-0.1, -0.05) is 24.4 Å². The van der Waals surface area contributed by atoms with Gasteiger partial charge in [0.2, 0.25) is 0 Å². The van der Waals surface area contributed by atoms with Crippen LogP contribution in [-0.4, -0.2) is 35.4 Å². The Morgan fingerprint density at radius 1 is 1.41 bits per heavy atom. The molecule has 0 saturated carbocycles. The molecule has 0 unspecified atom stereocenters. The van der Waals surface area contributed by atoms with E-state index in [-0.39, 0.29) is 0 Å². The van der Waals surface area contributed by atoms with Gasteiger partial charge in [-0.3, -0.25) is 4.99 Å². The maximum Gasteiger partial charge on any atom is 0.123 e. The van der Waals surface area contributed by atoms with Crippen molar-refractivity contribution in [1.82, 2.24) is 4.90 Å². The maximum absolute atomic E-state index is 5.62. The summed E-state index contributed by atoms with van der Waals surface area (Å²) >= 11 is 5.62. The van der Waals surface area contributed by atoms with Gasteiger partial charge in [-0.2, -0.15) is 0 Å². The zero-order valence-electron chi connectivity index (χ0n) is 9.81. The number of nitrogens with one attached hydrogen (secondary N) is 1. The van der Waals surface area contributed by atoms with E-state index in [1.165, 1.54) is 6.42 Å². The normalized spacial score (nSPS) is 25.2. The van der Waals surface area contributed by atoms with Gasteiger partial charge in [0.1, 0.15) is 10.8 Å². The number of hydrogen-bond acceptors (Lipinski definition) is 2. The lowest BCUT2D eigenvalue weighted by Gasteiger charge is -2.24.